The van der Waals surface area contributed by atoms with Gasteiger partial charge in [-0.2, -0.15) is 5.10 Å². The standard InChI is InChI=1S/C25H26ClFN6O3/c1-28-20-9-8-19(26)24(27)23(20)21(36-16-34)6-5-10-31(2)25(35)17-12-30-32(14-17)15-18-13-29-22-7-3-4-11-33(18)22/h3-4,7-9,11-14,16,21,28H,5-6,10,15H2,1-2H3. The van der Waals surface area contributed by atoms with Gasteiger partial charge in [0.25, 0.3) is 12.4 Å². The summed E-state index contributed by atoms with van der Waals surface area (Å²) in [6.07, 6.45) is 6.85. The number of ether oxygens (including phenoxy) is 1. The highest BCUT2D eigenvalue weighted by atomic mass is 35.5. The first-order chi connectivity index (χ1) is 17.4. The number of pyridine rings is 1. The smallest absolute Gasteiger partial charge is 0.293 e. The molecule has 0 fully saturated rings. The number of rotatable bonds is 11. The maximum absolute atomic E-state index is 14.7. The highest BCUT2D eigenvalue weighted by molar-refractivity contribution is 6.30. The van der Waals surface area contributed by atoms with E-state index >= 15 is 0 Å². The third-order valence-corrected chi connectivity index (χ3v) is 6.24. The quantitative estimate of drug-likeness (QED) is 0.303. The van der Waals surface area contributed by atoms with Gasteiger partial charge in [0.2, 0.25) is 0 Å². The molecule has 0 bridgehead atoms. The summed E-state index contributed by atoms with van der Waals surface area (Å²) >= 11 is 5.94. The number of carbonyl (C=O) groups is 2. The number of nitrogens with one attached hydrogen (secondary N) is 1. The monoisotopic (exact) mass is 512 g/mol. The number of halogens is 2. The summed E-state index contributed by atoms with van der Waals surface area (Å²) < 4.78 is 23.6. The SMILES string of the molecule is CNc1ccc(Cl)c(F)c1C(CCCN(C)C(=O)c1cnn(Cc2cnc3ccccn23)c1)OC=O. The van der Waals surface area contributed by atoms with Crippen LogP contribution in [0.5, 0.6) is 0 Å². The van der Waals surface area contributed by atoms with Crippen molar-refractivity contribution in [3.8, 4) is 0 Å². The largest absolute Gasteiger partial charge is 0.460 e. The molecule has 0 aliphatic rings. The van der Waals surface area contributed by atoms with Gasteiger partial charge in [0, 0.05) is 38.7 Å². The maximum Gasteiger partial charge on any atom is 0.293 e. The molecule has 0 spiro atoms. The van der Waals surface area contributed by atoms with Crippen molar-refractivity contribution in [2.24, 2.45) is 0 Å². The van der Waals surface area contributed by atoms with Crippen LogP contribution in [0.15, 0.2) is 55.1 Å². The van der Waals surface area contributed by atoms with Crippen molar-refractivity contribution in [3.05, 3.63) is 82.8 Å². The molecule has 0 radical (unpaired) electrons. The van der Waals surface area contributed by atoms with Crippen LogP contribution in [0.3, 0.4) is 0 Å². The van der Waals surface area contributed by atoms with Gasteiger partial charge in [-0.05, 0) is 37.1 Å². The molecule has 1 unspecified atom stereocenters. The molecule has 9 nitrogen and oxygen atoms in total. The summed E-state index contributed by atoms with van der Waals surface area (Å²) in [4.78, 5) is 29.9. The van der Waals surface area contributed by atoms with Crippen molar-refractivity contribution in [1.82, 2.24) is 24.1 Å². The molecule has 0 aliphatic heterocycles. The topological polar surface area (TPSA) is 93.8 Å². The minimum absolute atomic E-state index is 0.0586. The van der Waals surface area contributed by atoms with E-state index in [4.69, 9.17) is 16.3 Å². The molecule has 0 aliphatic carbocycles. The number of nitrogens with zero attached hydrogens (tertiary/aromatic N) is 5. The fraction of sp³-hybridized carbons (Fsp3) is 0.280. The predicted molar refractivity (Wildman–Crippen MR) is 134 cm³/mol. The molecule has 1 N–H and O–H groups in total. The van der Waals surface area contributed by atoms with Crippen molar-refractivity contribution in [3.63, 3.8) is 0 Å². The van der Waals surface area contributed by atoms with Gasteiger partial charge in [-0.3, -0.25) is 14.3 Å². The Morgan fingerprint density at radius 2 is 2.14 bits per heavy atom. The minimum Gasteiger partial charge on any atom is -0.460 e. The summed E-state index contributed by atoms with van der Waals surface area (Å²) in [5, 5.41) is 7.16. The highest BCUT2D eigenvalue weighted by Crippen LogP contribution is 2.34. The average Bonchev–Trinajstić information content (AvgIpc) is 3.52. The first kappa shape index (κ1) is 25.2. The van der Waals surface area contributed by atoms with Gasteiger partial charge in [0.1, 0.15) is 11.8 Å². The predicted octanol–water partition coefficient (Wildman–Crippen LogP) is 4.18. The second-order valence-electron chi connectivity index (χ2n) is 8.27. The maximum atomic E-state index is 14.7. The molecular formula is C25H26ClFN6O3. The van der Waals surface area contributed by atoms with Gasteiger partial charge in [-0.25, -0.2) is 9.37 Å². The molecule has 3 heterocycles. The molecule has 0 saturated carbocycles. The van der Waals surface area contributed by atoms with E-state index in [0.717, 1.165) is 11.3 Å². The van der Waals surface area contributed by atoms with E-state index in [-0.39, 0.29) is 23.0 Å². The third kappa shape index (κ3) is 5.33. The minimum atomic E-state index is -0.847. The zero-order valence-electron chi connectivity index (χ0n) is 19.9. The Bertz CT molecular complexity index is 1370. The number of benzene rings is 1. The number of hydrogen-bond acceptors (Lipinski definition) is 6. The number of fused-ring (bicyclic) bond motifs is 1. The van der Waals surface area contributed by atoms with E-state index in [0.29, 0.717) is 37.2 Å². The van der Waals surface area contributed by atoms with Gasteiger partial charge >= 0.3 is 0 Å². The van der Waals surface area contributed by atoms with E-state index in [1.807, 2.05) is 28.8 Å². The Kier molecular flexibility index (Phi) is 7.84. The second kappa shape index (κ2) is 11.2. The zero-order chi connectivity index (χ0) is 25.7. The number of aromatic nitrogens is 4. The van der Waals surface area contributed by atoms with Crippen LogP contribution in [-0.4, -0.2) is 57.1 Å². The normalized spacial score (nSPS) is 11.9. The molecule has 4 rings (SSSR count). The van der Waals surface area contributed by atoms with Crippen LogP contribution in [0.25, 0.3) is 5.65 Å². The van der Waals surface area contributed by atoms with Gasteiger partial charge in [0.15, 0.2) is 5.82 Å². The highest BCUT2D eigenvalue weighted by Gasteiger charge is 2.23. The van der Waals surface area contributed by atoms with Crippen molar-refractivity contribution in [1.29, 1.82) is 0 Å². The fourth-order valence-corrected chi connectivity index (χ4v) is 4.28. The molecule has 3 aromatic heterocycles. The lowest BCUT2D eigenvalue weighted by Crippen LogP contribution is -2.28. The Labute approximate surface area is 212 Å². The van der Waals surface area contributed by atoms with Crippen molar-refractivity contribution < 1.29 is 18.7 Å². The summed E-state index contributed by atoms with van der Waals surface area (Å²) in [7, 11) is 3.32. The number of hydrogen-bond donors (Lipinski definition) is 1. The molecule has 4 aromatic rings. The van der Waals surface area contributed by atoms with E-state index in [2.05, 4.69) is 15.4 Å². The van der Waals surface area contributed by atoms with E-state index in [9.17, 15) is 14.0 Å². The van der Waals surface area contributed by atoms with E-state index in [1.165, 1.54) is 12.3 Å². The Hall–Kier alpha value is -3.92. The lowest BCUT2D eigenvalue weighted by atomic mass is 10.0. The Morgan fingerprint density at radius 1 is 1.31 bits per heavy atom. The Morgan fingerprint density at radius 3 is 2.92 bits per heavy atom. The first-order valence-corrected chi connectivity index (χ1v) is 11.7. The van der Waals surface area contributed by atoms with Crippen molar-refractivity contribution in [2.75, 3.05) is 26.0 Å². The molecule has 11 heteroatoms. The molecule has 36 heavy (non-hydrogen) atoms. The Balaban J connectivity index is 1.38. The molecule has 1 aromatic carbocycles. The van der Waals surface area contributed by atoms with Crippen LogP contribution in [-0.2, 0) is 16.1 Å². The average molecular weight is 513 g/mol. The molecule has 188 valence electrons. The van der Waals surface area contributed by atoms with Gasteiger partial charge in [-0.1, -0.05) is 17.7 Å². The summed E-state index contributed by atoms with van der Waals surface area (Å²) in [5.41, 5.74) is 2.89. The van der Waals surface area contributed by atoms with Gasteiger partial charge < -0.3 is 19.4 Å². The number of imidazole rings is 1. The molecule has 1 amide bonds. The third-order valence-electron chi connectivity index (χ3n) is 5.95. The van der Waals surface area contributed by atoms with Crippen LogP contribution >= 0.6 is 11.6 Å². The van der Waals surface area contributed by atoms with E-state index < -0.39 is 11.9 Å². The second-order valence-corrected chi connectivity index (χ2v) is 8.67. The molecule has 1 atom stereocenters. The molecular weight excluding hydrogens is 487 g/mol. The van der Waals surface area contributed by atoms with E-state index in [1.54, 1.807) is 42.1 Å². The van der Waals surface area contributed by atoms with Crippen molar-refractivity contribution >= 4 is 35.3 Å². The number of amides is 1. The van der Waals surface area contributed by atoms with Crippen LogP contribution in [0.1, 0.15) is 40.6 Å². The van der Waals surface area contributed by atoms with Crippen molar-refractivity contribution in [2.45, 2.75) is 25.5 Å². The first-order valence-electron chi connectivity index (χ1n) is 11.4. The molecule has 0 saturated heterocycles. The van der Waals surface area contributed by atoms with Crippen LogP contribution < -0.4 is 5.32 Å². The number of carbonyl (C=O) groups excluding carboxylic acids is 2. The van der Waals surface area contributed by atoms with Crippen LogP contribution in [0.4, 0.5) is 10.1 Å². The summed E-state index contributed by atoms with van der Waals surface area (Å²) in [6, 6.07) is 8.83. The van der Waals surface area contributed by atoms with Gasteiger partial charge in [0.05, 0.1) is 40.8 Å². The zero-order valence-corrected chi connectivity index (χ0v) is 20.7. The van der Waals surface area contributed by atoms with Crippen LogP contribution in [0, 0.1) is 5.82 Å². The van der Waals surface area contributed by atoms with Gasteiger partial charge in [-0.15, -0.1) is 0 Å². The lowest BCUT2D eigenvalue weighted by molar-refractivity contribution is -0.134. The lowest BCUT2D eigenvalue weighted by Gasteiger charge is -2.22. The van der Waals surface area contributed by atoms with Crippen LogP contribution in [0.2, 0.25) is 5.02 Å². The summed E-state index contributed by atoms with van der Waals surface area (Å²) in [5.74, 6) is -0.838. The number of anilines is 1. The summed E-state index contributed by atoms with van der Waals surface area (Å²) in [6.45, 7) is 1.12. The fourth-order valence-electron chi connectivity index (χ4n) is 4.11.